The molecule has 0 aliphatic heterocycles. The zero-order valence-corrected chi connectivity index (χ0v) is 12.1. The first-order valence-corrected chi connectivity index (χ1v) is 6.42. The highest BCUT2D eigenvalue weighted by molar-refractivity contribution is 5.62. The van der Waals surface area contributed by atoms with Gasteiger partial charge in [-0.15, -0.1) is 0 Å². The van der Waals surface area contributed by atoms with Gasteiger partial charge in [0, 0.05) is 12.1 Å². The number of rotatable bonds is 3. The van der Waals surface area contributed by atoms with Crippen molar-refractivity contribution in [1.29, 1.82) is 0 Å². The molecule has 0 atom stereocenters. The second kappa shape index (κ2) is 5.32. The predicted octanol–water partition coefficient (Wildman–Crippen LogP) is 3.82. The molecule has 0 unspecified atom stereocenters. The molecule has 0 aliphatic rings. The fraction of sp³-hybridized carbons (Fsp3) is 0.400. The van der Waals surface area contributed by atoms with E-state index in [2.05, 4.69) is 10.3 Å². The van der Waals surface area contributed by atoms with E-state index in [4.69, 9.17) is 4.42 Å². The summed E-state index contributed by atoms with van der Waals surface area (Å²) in [5, 5.41) is 3.22. The van der Waals surface area contributed by atoms with Crippen LogP contribution in [0, 0.1) is 18.6 Å². The maximum Gasteiger partial charge on any atom is 0.181 e. The van der Waals surface area contributed by atoms with Crippen LogP contribution < -0.4 is 5.32 Å². The van der Waals surface area contributed by atoms with Crippen LogP contribution in [-0.4, -0.2) is 10.5 Å². The highest BCUT2D eigenvalue weighted by Gasteiger charge is 2.21. The third-order valence-electron chi connectivity index (χ3n) is 2.94. The van der Waals surface area contributed by atoms with Gasteiger partial charge >= 0.3 is 0 Å². The molecule has 0 radical (unpaired) electrons. The van der Waals surface area contributed by atoms with Crippen LogP contribution >= 0.6 is 0 Å². The standard InChI is InChI=1S/C15H18F2N2O/c1-9-5-6-10(16)12(13(9)17)14-11(18-8-20-14)7-19-15(2,3)4/h5-6,8,19H,7H2,1-4H3. The third-order valence-corrected chi connectivity index (χ3v) is 2.94. The maximum absolute atomic E-state index is 14.1. The quantitative estimate of drug-likeness (QED) is 0.929. The number of nitrogens with zero attached hydrogens (tertiary/aromatic N) is 1. The van der Waals surface area contributed by atoms with Gasteiger partial charge in [0.2, 0.25) is 0 Å². The topological polar surface area (TPSA) is 38.1 Å². The van der Waals surface area contributed by atoms with Gasteiger partial charge in [0.1, 0.15) is 17.3 Å². The molecule has 0 saturated heterocycles. The Morgan fingerprint density at radius 3 is 2.60 bits per heavy atom. The summed E-state index contributed by atoms with van der Waals surface area (Å²) < 4.78 is 33.2. The first kappa shape index (κ1) is 14.7. The third kappa shape index (κ3) is 3.04. The molecule has 2 rings (SSSR count). The van der Waals surface area contributed by atoms with Crippen LogP contribution in [0.5, 0.6) is 0 Å². The summed E-state index contributed by atoms with van der Waals surface area (Å²) in [4.78, 5) is 4.05. The van der Waals surface area contributed by atoms with E-state index in [1.165, 1.54) is 18.5 Å². The van der Waals surface area contributed by atoms with Gasteiger partial charge in [0.05, 0.1) is 5.56 Å². The highest BCUT2D eigenvalue weighted by atomic mass is 19.1. The van der Waals surface area contributed by atoms with Gasteiger partial charge in [-0.1, -0.05) is 6.07 Å². The van der Waals surface area contributed by atoms with Crippen molar-refractivity contribution >= 4 is 0 Å². The van der Waals surface area contributed by atoms with Crippen molar-refractivity contribution in [3.8, 4) is 11.3 Å². The minimum absolute atomic E-state index is 0.125. The second-order valence-electron chi connectivity index (χ2n) is 5.78. The van der Waals surface area contributed by atoms with Crippen LogP contribution in [-0.2, 0) is 6.54 Å². The summed E-state index contributed by atoms with van der Waals surface area (Å²) in [7, 11) is 0. The molecule has 1 aromatic carbocycles. The van der Waals surface area contributed by atoms with Gasteiger partial charge in [0.15, 0.2) is 12.2 Å². The lowest BCUT2D eigenvalue weighted by atomic mass is 10.1. The van der Waals surface area contributed by atoms with E-state index < -0.39 is 11.6 Å². The zero-order valence-electron chi connectivity index (χ0n) is 12.1. The first-order valence-electron chi connectivity index (χ1n) is 6.42. The van der Waals surface area contributed by atoms with Gasteiger partial charge in [-0.2, -0.15) is 0 Å². The smallest absolute Gasteiger partial charge is 0.181 e. The molecule has 3 nitrogen and oxygen atoms in total. The molecule has 1 N–H and O–H groups in total. The number of halogens is 2. The summed E-state index contributed by atoms with van der Waals surface area (Å²) in [6.45, 7) is 7.96. The van der Waals surface area contributed by atoms with E-state index >= 15 is 0 Å². The lowest BCUT2D eigenvalue weighted by molar-refractivity contribution is 0.421. The van der Waals surface area contributed by atoms with Crippen molar-refractivity contribution in [1.82, 2.24) is 10.3 Å². The molecule has 0 spiro atoms. The van der Waals surface area contributed by atoms with Crippen molar-refractivity contribution in [3.63, 3.8) is 0 Å². The van der Waals surface area contributed by atoms with E-state index in [1.54, 1.807) is 6.92 Å². The Morgan fingerprint density at radius 1 is 1.25 bits per heavy atom. The van der Waals surface area contributed by atoms with E-state index in [0.717, 1.165) is 0 Å². The van der Waals surface area contributed by atoms with Crippen LogP contribution in [0.3, 0.4) is 0 Å². The van der Waals surface area contributed by atoms with Gasteiger partial charge in [-0.05, 0) is 39.3 Å². The van der Waals surface area contributed by atoms with Crippen molar-refractivity contribution in [2.75, 3.05) is 0 Å². The Kier molecular flexibility index (Phi) is 3.90. The average Bonchev–Trinajstić information content (AvgIpc) is 2.79. The number of hydrogen-bond acceptors (Lipinski definition) is 3. The van der Waals surface area contributed by atoms with E-state index in [9.17, 15) is 8.78 Å². The molecule has 0 fully saturated rings. The van der Waals surface area contributed by atoms with Crippen LogP contribution in [0.25, 0.3) is 11.3 Å². The second-order valence-corrected chi connectivity index (χ2v) is 5.78. The molecule has 108 valence electrons. The minimum atomic E-state index is -0.651. The number of oxazole rings is 1. The monoisotopic (exact) mass is 280 g/mol. The predicted molar refractivity (Wildman–Crippen MR) is 73.2 cm³/mol. The summed E-state index contributed by atoms with van der Waals surface area (Å²) in [6.07, 6.45) is 1.20. The normalized spacial score (nSPS) is 11.9. The summed E-state index contributed by atoms with van der Waals surface area (Å²) in [5.41, 5.74) is 0.573. The molecule has 5 heteroatoms. The van der Waals surface area contributed by atoms with Crippen LogP contribution in [0.4, 0.5) is 8.78 Å². The molecule has 0 saturated carbocycles. The summed E-state index contributed by atoms with van der Waals surface area (Å²) in [5.74, 6) is -1.12. The van der Waals surface area contributed by atoms with Crippen molar-refractivity contribution < 1.29 is 13.2 Å². The van der Waals surface area contributed by atoms with Gasteiger partial charge in [0.25, 0.3) is 0 Å². The van der Waals surface area contributed by atoms with Gasteiger partial charge in [-0.25, -0.2) is 13.8 Å². The molecule has 20 heavy (non-hydrogen) atoms. The molecule has 0 amide bonds. The Labute approximate surface area is 117 Å². The molecular weight excluding hydrogens is 262 g/mol. The Bertz CT molecular complexity index is 615. The average molecular weight is 280 g/mol. The summed E-state index contributed by atoms with van der Waals surface area (Å²) in [6, 6.07) is 2.63. The highest BCUT2D eigenvalue weighted by Crippen LogP contribution is 2.30. The molecule has 0 bridgehead atoms. The van der Waals surface area contributed by atoms with Crippen LogP contribution in [0.1, 0.15) is 32.0 Å². The zero-order chi connectivity index (χ0) is 14.9. The fourth-order valence-corrected chi connectivity index (χ4v) is 1.81. The van der Waals surface area contributed by atoms with Crippen molar-refractivity contribution in [2.45, 2.75) is 39.8 Å². The van der Waals surface area contributed by atoms with Crippen LogP contribution in [0.2, 0.25) is 0 Å². The Balaban J connectivity index is 2.40. The van der Waals surface area contributed by atoms with Gasteiger partial charge in [-0.3, -0.25) is 0 Å². The van der Waals surface area contributed by atoms with Gasteiger partial charge < -0.3 is 9.73 Å². The minimum Gasteiger partial charge on any atom is -0.443 e. The number of aromatic nitrogens is 1. The largest absolute Gasteiger partial charge is 0.443 e. The summed E-state index contributed by atoms with van der Waals surface area (Å²) >= 11 is 0. The first-order chi connectivity index (χ1) is 9.29. The molecule has 1 aromatic heterocycles. The Hall–Kier alpha value is -1.75. The number of hydrogen-bond donors (Lipinski definition) is 1. The van der Waals surface area contributed by atoms with Crippen LogP contribution in [0.15, 0.2) is 22.9 Å². The fourth-order valence-electron chi connectivity index (χ4n) is 1.81. The molecule has 0 aliphatic carbocycles. The Morgan fingerprint density at radius 2 is 1.95 bits per heavy atom. The maximum atomic E-state index is 14.1. The van der Waals surface area contributed by atoms with Crippen molar-refractivity contribution in [3.05, 3.63) is 41.4 Å². The molecule has 1 heterocycles. The van der Waals surface area contributed by atoms with Crippen molar-refractivity contribution in [2.24, 2.45) is 0 Å². The molecular formula is C15H18F2N2O. The SMILES string of the molecule is Cc1ccc(F)c(-c2ocnc2CNC(C)(C)C)c1F. The van der Waals surface area contributed by atoms with E-state index in [1.807, 2.05) is 20.8 Å². The number of benzene rings is 1. The lowest BCUT2D eigenvalue weighted by Crippen LogP contribution is -2.35. The molecule has 2 aromatic rings. The van der Waals surface area contributed by atoms with E-state index in [0.29, 0.717) is 17.8 Å². The number of aryl methyl sites for hydroxylation is 1. The number of nitrogens with one attached hydrogen (secondary N) is 1. The lowest BCUT2D eigenvalue weighted by Gasteiger charge is -2.19. The van der Waals surface area contributed by atoms with E-state index in [-0.39, 0.29) is 16.9 Å².